The summed E-state index contributed by atoms with van der Waals surface area (Å²) in [6, 6.07) is 0. The Bertz CT molecular complexity index is 595. The van der Waals surface area contributed by atoms with Crippen LogP contribution in [0.15, 0.2) is 12.7 Å². The van der Waals surface area contributed by atoms with Crippen LogP contribution in [0, 0.1) is 5.41 Å². The van der Waals surface area contributed by atoms with Crippen molar-refractivity contribution in [2.45, 2.75) is 25.7 Å². The van der Waals surface area contributed by atoms with E-state index in [2.05, 4.69) is 30.2 Å². The minimum absolute atomic E-state index is 0.473. The third kappa shape index (κ3) is 1.95. The molecule has 0 saturated carbocycles. The summed E-state index contributed by atoms with van der Waals surface area (Å²) in [5, 5.41) is 3.48. The Labute approximate surface area is 118 Å². The highest BCUT2D eigenvalue weighted by atomic mass is 15.2. The van der Waals surface area contributed by atoms with Gasteiger partial charge in [-0.15, -0.1) is 0 Å². The average molecular weight is 272 g/mol. The van der Waals surface area contributed by atoms with Gasteiger partial charge in [0.2, 0.25) is 0 Å². The fourth-order valence-electron chi connectivity index (χ4n) is 3.75. The van der Waals surface area contributed by atoms with E-state index in [1.807, 2.05) is 0 Å². The standard InChI is InChI=1S/C14H20N6/c1-2-14(3-5-15-6-4-14)8-20(7-1)13-11-12(17-9-16-11)18-10-19-13/h9-10,15H,1-8H2,(H,16,17,18,19). The minimum Gasteiger partial charge on any atom is -0.354 e. The van der Waals surface area contributed by atoms with Crippen LogP contribution in [0.2, 0.25) is 0 Å². The molecule has 0 atom stereocenters. The maximum atomic E-state index is 4.51. The van der Waals surface area contributed by atoms with Crippen molar-refractivity contribution in [1.82, 2.24) is 25.3 Å². The summed E-state index contributed by atoms with van der Waals surface area (Å²) in [6.07, 6.45) is 8.48. The molecule has 2 aromatic heterocycles. The lowest BCUT2D eigenvalue weighted by molar-refractivity contribution is 0.166. The lowest BCUT2D eigenvalue weighted by Crippen LogP contribution is -2.48. The molecule has 1 spiro atoms. The van der Waals surface area contributed by atoms with Crippen LogP contribution in [0.1, 0.15) is 25.7 Å². The predicted octanol–water partition coefficient (Wildman–Crippen LogP) is 1.32. The number of fused-ring (bicyclic) bond motifs is 1. The van der Waals surface area contributed by atoms with Gasteiger partial charge in [0.15, 0.2) is 11.5 Å². The molecule has 2 saturated heterocycles. The molecule has 0 amide bonds. The van der Waals surface area contributed by atoms with Crippen LogP contribution in [-0.2, 0) is 0 Å². The number of nitrogens with zero attached hydrogens (tertiary/aromatic N) is 4. The third-order valence-corrected chi connectivity index (χ3v) is 4.83. The molecule has 2 fully saturated rings. The van der Waals surface area contributed by atoms with Gasteiger partial charge < -0.3 is 15.2 Å². The van der Waals surface area contributed by atoms with E-state index in [-0.39, 0.29) is 0 Å². The summed E-state index contributed by atoms with van der Waals surface area (Å²) in [6.45, 7) is 4.49. The second-order valence-electron chi connectivity index (χ2n) is 6.07. The van der Waals surface area contributed by atoms with E-state index in [9.17, 15) is 0 Å². The zero-order chi connectivity index (χ0) is 13.4. The number of piperidine rings is 2. The Hall–Kier alpha value is -1.69. The van der Waals surface area contributed by atoms with Gasteiger partial charge in [-0.2, -0.15) is 0 Å². The molecule has 2 aromatic rings. The number of imidazole rings is 1. The molecule has 4 rings (SSSR count). The molecule has 2 aliphatic rings. The maximum absolute atomic E-state index is 4.51. The highest BCUT2D eigenvalue weighted by Crippen LogP contribution is 2.39. The first-order valence-electron chi connectivity index (χ1n) is 7.46. The maximum Gasteiger partial charge on any atom is 0.182 e. The van der Waals surface area contributed by atoms with Crippen molar-refractivity contribution in [2.75, 3.05) is 31.1 Å². The number of aromatic nitrogens is 4. The zero-order valence-electron chi connectivity index (χ0n) is 11.6. The van der Waals surface area contributed by atoms with E-state index in [1.54, 1.807) is 12.7 Å². The van der Waals surface area contributed by atoms with Gasteiger partial charge in [-0.25, -0.2) is 15.0 Å². The van der Waals surface area contributed by atoms with Crippen molar-refractivity contribution in [3.05, 3.63) is 12.7 Å². The Morgan fingerprint density at radius 1 is 1.10 bits per heavy atom. The molecule has 20 heavy (non-hydrogen) atoms. The van der Waals surface area contributed by atoms with Crippen LogP contribution in [0.5, 0.6) is 0 Å². The van der Waals surface area contributed by atoms with Crippen molar-refractivity contribution < 1.29 is 0 Å². The number of rotatable bonds is 1. The Balaban J connectivity index is 1.66. The van der Waals surface area contributed by atoms with Crippen LogP contribution in [0.4, 0.5) is 5.82 Å². The Morgan fingerprint density at radius 3 is 2.90 bits per heavy atom. The van der Waals surface area contributed by atoms with E-state index in [0.717, 1.165) is 43.2 Å². The first kappa shape index (κ1) is 12.1. The van der Waals surface area contributed by atoms with Gasteiger partial charge in [-0.3, -0.25) is 0 Å². The molecule has 2 aliphatic heterocycles. The monoisotopic (exact) mass is 272 g/mol. The first-order chi connectivity index (χ1) is 9.86. The van der Waals surface area contributed by atoms with Crippen molar-refractivity contribution in [3.63, 3.8) is 0 Å². The quantitative estimate of drug-likeness (QED) is 0.819. The van der Waals surface area contributed by atoms with Crippen LogP contribution in [0.3, 0.4) is 0 Å². The van der Waals surface area contributed by atoms with Gasteiger partial charge in [-0.05, 0) is 44.2 Å². The van der Waals surface area contributed by atoms with Gasteiger partial charge in [0.05, 0.1) is 6.33 Å². The number of nitrogens with one attached hydrogen (secondary N) is 2. The van der Waals surface area contributed by atoms with Crippen molar-refractivity contribution >= 4 is 17.0 Å². The van der Waals surface area contributed by atoms with E-state index < -0.39 is 0 Å². The van der Waals surface area contributed by atoms with Gasteiger partial charge in [0.25, 0.3) is 0 Å². The lowest BCUT2D eigenvalue weighted by Gasteiger charge is -2.45. The van der Waals surface area contributed by atoms with Crippen LogP contribution in [-0.4, -0.2) is 46.1 Å². The summed E-state index contributed by atoms with van der Waals surface area (Å²) >= 11 is 0. The highest BCUT2D eigenvalue weighted by molar-refractivity contribution is 5.82. The molecule has 4 heterocycles. The minimum atomic E-state index is 0.473. The summed E-state index contributed by atoms with van der Waals surface area (Å²) in [4.78, 5) is 18.6. The van der Waals surface area contributed by atoms with Gasteiger partial charge in [0.1, 0.15) is 11.8 Å². The van der Waals surface area contributed by atoms with E-state index >= 15 is 0 Å². The third-order valence-electron chi connectivity index (χ3n) is 4.83. The predicted molar refractivity (Wildman–Crippen MR) is 77.7 cm³/mol. The van der Waals surface area contributed by atoms with Gasteiger partial charge in [0, 0.05) is 13.1 Å². The molecule has 0 aliphatic carbocycles. The van der Waals surface area contributed by atoms with E-state index in [0.29, 0.717) is 5.41 Å². The Kier molecular flexibility index (Phi) is 2.84. The zero-order valence-corrected chi connectivity index (χ0v) is 11.6. The summed E-state index contributed by atoms with van der Waals surface area (Å²) in [5.74, 6) is 1.02. The number of hydrogen-bond acceptors (Lipinski definition) is 5. The second-order valence-corrected chi connectivity index (χ2v) is 6.07. The number of anilines is 1. The molecule has 2 N–H and O–H groups in total. The summed E-state index contributed by atoms with van der Waals surface area (Å²) in [5.41, 5.74) is 2.21. The normalized spacial score (nSPS) is 22.5. The molecule has 106 valence electrons. The fourth-order valence-corrected chi connectivity index (χ4v) is 3.75. The second kappa shape index (κ2) is 4.70. The Morgan fingerprint density at radius 2 is 2.00 bits per heavy atom. The molecular weight excluding hydrogens is 252 g/mol. The number of aromatic amines is 1. The summed E-state index contributed by atoms with van der Waals surface area (Å²) < 4.78 is 0. The lowest BCUT2D eigenvalue weighted by atomic mass is 9.73. The smallest absolute Gasteiger partial charge is 0.182 e. The largest absolute Gasteiger partial charge is 0.354 e. The first-order valence-corrected chi connectivity index (χ1v) is 7.46. The van der Waals surface area contributed by atoms with Crippen molar-refractivity contribution in [1.29, 1.82) is 0 Å². The molecule has 0 radical (unpaired) electrons. The molecule has 0 unspecified atom stereocenters. The van der Waals surface area contributed by atoms with Crippen LogP contribution < -0.4 is 10.2 Å². The number of hydrogen-bond donors (Lipinski definition) is 2. The van der Waals surface area contributed by atoms with E-state index in [1.165, 1.54) is 25.7 Å². The van der Waals surface area contributed by atoms with E-state index in [4.69, 9.17) is 0 Å². The average Bonchev–Trinajstić information content (AvgIpc) is 2.96. The SMILES string of the molecule is c1nc(N2CCCC3(CCNCC3)C2)c2[nH]cnc2n1. The molecule has 6 nitrogen and oxygen atoms in total. The topological polar surface area (TPSA) is 69.7 Å². The molecule has 0 aromatic carbocycles. The van der Waals surface area contributed by atoms with Crippen LogP contribution in [0.25, 0.3) is 11.2 Å². The van der Waals surface area contributed by atoms with Crippen molar-refractivity contribution in [3.8, 4) is 0 Å². The fraction of sp³-hybridized carbons (Fsp3) is 0.643. The molecular formula is C14H20N6. The summed E-state index contributed by atoms with van der Waals surface area (Å²) in [7, 11) is 0. The van der Waals surface area contributed by atoms with Crippen molar-refractivity contribution in [2.24, 2.45) is 5.41 Å². The highest BCUT2D eigenvalue weighted by Gasteiger charge is 2.37. The number of H-pyrrole nitrogens is 1. The van der Waals surface area contributed by atoms with Crippen LogP contribution >= 0.6 is 0 Å². The van der Waals surface area contributed by atoms with Gasteiger partial charge >= 0.3 is 0 Å². The van der Waals surface area contributed by atoms with Gasteiger partial charge in [-0.1, -0.05) is 0 Å². The molecule has 6 heteroatoms. The molecule has 0 bridgehead atoms.